The maximum absolute atomic E-state index is 12.4. The number of carbonyl (C=O) groups excluding carboxylic acids is 1. The zero-order valence-corrected chi connectivity index (χ0v) is 17.3. The van der Waals surface area contributed by atoms with E-state index >= 15 is 0 Å². The second-order valence-electron chi connectivity index (χ2n) is 6.86. The molecular weight excluding hydrogens is 412 g/mol. The molecule has 4 heterocycles. The fourth-order valence-electron chi connectivity index (χ4n) is 3.19. The number of carbonyl (C=O) groups is 1. The molecule has 4 aromatic rings. The monoisotopic (exact) mass is 432 g/mol. The van der Waals surface area contributed by atoms with Gasteiger partial charge in [-0.2, -0.15) is 4.98 Å². The van der Waals surface area contributed by atoms with E-state index in [4.69, 9.17) is 10.2 Å². The Morgan fingerprint density at radius 3 is 2.75 bits per heavy atom. The molecule has 1 amide bonds. The number of nitrogen functional groups attached to an aromatic ring is 1. The SMILES string of the molecule is CNc1cccc(C(c2ccc(=O)n(C)c2)c2nc(NC(=O)c3cnccn3)oc2N)n1. The van der Waals surface area contributed by atoms with Gasteiger partial charge in [0.2, 0.25) is 11.4 Å². The molecule has 4 rings (SSSR count). The Labute approximate surface area is 182 Å². The van der Waals surface area contributed by atoms with E-state index in [0.29, 0.717) is 17.2 Å². The molecule has 0 aliphatic heterocycles. The molecule has 0 aliphatic rings. The summed E-state index contributed by atoms with van der Waals surface area (Å²) in [5, 5.41) is 5.53. The number of aryl methyl sites for hydroxylation is 1. The van der Waals surface area contributed by atoms with Crippen molar-refractivity contribution in [2.24, 2.45) is 7.05 Å². The Morgan fingerprint density at radius 1 is 1.19 bits per heavy atom. The van der Waals surface area contributed by atoms with Crippen molar-refractivity contribution in [3.05, 3.63) is 88.1 Å². The second kappa shape index (κ2) is 8.68. The lowest BCUT2D eigenvalue weighted by atomic mass is 9.93. The first-order chi connectivity index (χ1) is 15.5. The fourth-order valence-corrected chi connectivity index (χ4v) is 3.19. The quantitative estimate of drug-likeness (QED) is 0.412. The van der Waals surface area contributed by atoms with Gasteiger partial charge in [0.05, 0.1) is 17.8 Å². The Hall–Kier alpha value is -4.54. The summed E-state index contributed by atoms with van der Waals surface area (Å²) < 4.78 is 6.97. The van der Waals surface area contributed by atoms with Crippen LogP contribution in [0.3, 0.4) is 0 Å². The minimum atomic E-state index is -0.555. The molecule has 1 atom stereocenters. The molecular formula is C21H20N8O3. The molecule has 0 radical (unpaired) electrons. The molecule has 0 aliphatic carbocycles. The zero-order chi connectivity index (χ0) is 22.7. The summed E-state index contributed by atoms with van der Waals surface area (Å²) in [7, 11) is 3.41. The van der Waals surface area contributed by atoms with Crippen molar-refractivity contribution in [3.8, 4) is 0 Å². The highest BCUT2D eigenvalue weighted by molar-refractivity contribution is 6.01. The van der Waals surface area contributed by atoms with Gasteiger partial charge in [0.15, 0.2) is 0 Å². The smallest absolute Gasteiger partial charge is 0.303 e. The maximum Gasteiger partial charge on any atom is 0.303 e. The Balaban J connectivity index is 1.76. The molecule has 0 saturated carbocycles. The molecule has 0 fully saturated rings. The van der Waals surface area contributed by atoms with Crippen LogP contribution >= 0.6 is 0 Å². The number of hydrogen-bond acceptors (Lipinski definition) is 9. The van der Waals surface area contributed by atoms with Gasteiger partial charge in [-0.3, -0.25) is 19.9 Å². The highest BCUT2D eigenvalue weighted by Gasteiger charge is 2.27. The first kappa shape index (κ1) is 20.7. The van der Waals surface area contributed by atoms with Crippen LogP contribution in [0.1, 0.15) is 33.4 Å². The lowest BCUT2D eigenvalue weighted by Gasteiger charge is -2.16. The second-order valence-corrected chi connectivity index (χ2v) is 6.86. The molecule has 162 valence electrons. The maximum atomic E-state index is 12.4. The predicted molar refractivity (Wildman–Crippen MR) is 117 cm³/mol. The van der Waals surface area contributed by atoms with E-state index in [1.165, 1.54) is 29.2 Å². The standard InChI is InChI=1S/C21H20N8O3/c1-23-15-5-3-4-13(26-15)17(12-6-7-16(30)29(2)11-12)18-19(22)32-21(27-18)28-20(31)14-10-24-8-9-25-14/h3-11,17H,22H2,1-2H3,(H,23,26)(H,27,28,31). The van der Waals surface area contributed by atoms with Crippen LogP contribution in [-0.4, -0.2) is 37.5 Å². The molecule has 4 aromatic heterocycles. The minimum absolute atomic E-state index is 0.00922. The number of aromatic nitrogens is 5. The Bertz CT molecular complexity index is 1320. The number of hydrogen-bond donors (Lipinski definition) is 3. The number of oxazole rings is 1. The number of nitrogens with one attached hydrogen (secondary N) is 2. The fraction of sp³-hybridized carbons (Fsp3) is 0.143. The summed E-state index contributed by atoms with van der Waals surface area (Å²) in [5.74, 6) is -0.439. The Kier molecular flexibility index (Phi) is 5.62. The largest absolute Gasteiger partial charge is 0.407 e. The third-order valence-electron chi connectivity index (χ3n) is 4.74. The van der Waals surface area contributed by atoms with Crippen molar-refractivity contribution in [1.82, 2.24) is 24.5 Å². The summed E-state index contributed by atoms with van der Waals surface area (Å²) in [5.41, 5.74) is 7.79. The summed E-state index contributed by atoms with van der Waals surface area (Å²) >= 11 is 0. The Morgan fingerprint density at radius 2 is 2.03 bits per heavy atom. The van der Waals surface area contributed by atoms with Gasteiger partial charge in [0.25, 0.3) is 5.91 Å². The van der Waals surface area contributed by atoms with Crippen LogP contribution < -0.4 is 21.9 Å². The van der Waals surface area contributed by atoms with Gasteiger partial charge < -0.3 is 20.0 Å². The molecule has 0 spiro atoms. The van der Waals surface area contributed by atoms with Crippen LogP contribution in [0.25, 0.3) is 0 Å². The summed E-state index contributed by atoms with van der Waals surface area (Å²) in [6.07, 6.45) is 5.87. The minimum Gasteiger partial charge on any atom is -0.407 e. The van der Waals surface area contributed by atoms with Crippen LogP contribution in [0.15, 0.2) is 64.3 Å². The van der Waals surface area contributed by atoms with Crippen LogP contribution in [0, 0.1) is 0 Å². The van der Waals surface area contributed by atoms with Crippen LogP contribution in [-0.2, 0) is 7.05 Å². The van der Waals surface area contributed by atoms with E-state index < -0.39 is 11.8 Å². The van der Waals surface area contributed by atoms with Crippen molar-refractivity contribution in [1.29, 1.82) is 0 Å². The van der Waals surface area contributed by atoms with Crippen LogP contribution in [0.2, 0.25) is 0 Å². The number of amides is 1. The van der Waals surface area contributed by atoms with Gasteiger partial charge in [-0.05, 0) is 17.7 Å². The van der Waals surface area contributed by atoms with E-state index in [1.807, 2.05) is 18.2 Å². The lowest BCUT2D eigenvalue weighted by molar-refractivity contribution is 0.101. The van der Waals surface area contributed by atoms with Gasteiger partial charge in [0.1, 0.15) is 17.2 Å². The molecule has 1 unspecified atom stereocenters. The van der Waals surface area contributed by atoms with Gasteiger partial charge in [0, 0.05) is 38.8 Å². The van der Waals surface area contributed by atoms with Crippen molar-refractivity contribution in [2.45, 2.75) is 5.92 Å². The average molecular weight is 432 g/mol. The average Bonchev–Trinajstić information content (AvgIpc) is 3.16. The van der Waals surface area contributed by atoms with Crippen LogP contribution in [0.5, 0.6) is 0 Å². The van der Waals surface area contributed by atoms with Gasteiger partial charge in [-0.15, -0.1) is 0 Å². The molecule has 0 saturated heterocycles. The first-order valence-electron chi connectivity index (χ1n) is 9.61. The number of nitrogens with two attached hydrogens (primary N) is 1. The molecule has 0 bridgehead atoms. The summed E-state index contributed by atoms with van der Waals surface area (Å²) in [4.78, 5) is 41.2. The highest BCUT2D eigenvalue weighted by atomic mass is 16.4. The molecule has 0 aromatic carbocycles. The van der Waals surface area contributed by atoms with E-state index in [1.54, 1.807) is 26.4 Å². The predicted octanol–water partition coefficient (Wildman–Crippen LogP) is 1.61. The van der Waals surface area contributed by atoms with Gasteiger partial charge >= 0.3 is 6.01 Å². The summed E-state index contributed by atoms with van der Waals surface area (Å²) in [6, 6.07) is 8.54. The van der Waals surface area contributed by atoms with Crippen LogP contribution in [0.4, 0.5) is 17.7 Å². The molecule has 4 N–H and O–H groups in total. The van der Waals surface area contributed by atoms with E-state index in [0.717, 1.165) is 5.56 Å². The highest BCUT2D eigenvalue weighted by Crippen LogP contribution is 2.35. The molecule has 11 nitrogen and oxygen atoms in total. The zero-order valence-electron chi connectivity index (χ0n) is 17.3. The normalized spacial score (nSPS) is 11.7. The topological polar surface area (TPSA) is 154 Å². The number of rotatable bonds is 6. The van der Waals surface area contributed by atoms with Crippen molar-refractivity contribution < 1.29 is 9.21 Å². The number of pyridine rings is 2. The van der Waals surface area contributed by atoms with Gasteiger partial charge in [-0.1, -0.05) is 12.1 Å². The summed E-state index contributed by atoms with van der Waals surface area (Å²) in [6.45, 7) is 0. The number of anilines is 3. The third-order valence-corrected chi connectivity index (χ3v) is 4.74. The first-order valence-corrected chi connectivity index (χ1v) is 9.61. The lowest BCUT2D eigenvalue weighted by Crippen LogP contribution is -2.18. The number of nitrogens with zero attached hydrogens (tertiary/aromatic N) is 5. The van der Waals surface area contributed by atoms with E-state index in [9.17, 15) is 9.59 Å². The third kappa shape index (κ3) is 4.17. The van der Waals surface area contributed by atoms with Gasteiger partial charge in [-0.25, -0.2) is 9.97 Å². The van der Waals surface area contributed by atoms with E-state index in [-0.39, 0.29) is 23.2 Å². The van der Waals surface area contributed by atoms with Crippen molar-refractivity contribution in [2.75, 3.05) is 23.4 Å². The van der Waals surface area contributed by atoms with Crippen molar-refractivity contribution in [3.63, 3.8) is 0 Å². The molecule has 11 heteroatoms. The van der Waals surface area contributed by atoms with E-state index in [2.05, 4.69) is 30.6 Å². The molecule has 32 heavy (non-hydrogen) atoms. The van der Waals surface area contributed by atoms with Crippen molar-refractivity contribution >= 4 is 23.6 Å².